The summed E-state index contributed by atoms with van der Waals surface area (Å²) in [5, 5.41) is 21.1. The number of aliphatic hydroxyl groups excluding tert-OH is 2. The molecule has 1 saturated heterocycles. The largest absolute Gasteiger partial charge is 0.488 e. The normalized spacial score (nSPS) is 26.3. The van der Waals surface area contributed by atoms with Gasteiger partial charge in [0.1, 0.15) is 29.7 Å². The van der Waals surface area contributed by atoms with Gasteiger partial charge in [0.2, 0.25) is 0 Å². The van der Waals surface area contributed by atoms with Gasteiger partial charge in [0.05, 0.1) is 12.9 Å². The SMILES string of the molecule is C=S(CC)CCCc1nc(N)c2ncn([C@@H]3O[C@H](COP(O)(=S)OP(=O)(O)OP(=O)(O)O)[C@@H](O)[C@H]3O)c2n1. The molecule has 0 bridgehead atoms. The van der Waals surface area contributed by atoms with Crippen LogP contribution in [0.1, 0.15) is 25.4 Å². The molecule has 7 atom stereocenters. The van der Waals surface area contributed by atoms with E-state index in [1.807, 2.05) is 0 Å². The lowest BCUT2D eigenvalue weighted by molar-refractivity contribution is -0.0486. The smallest absolute Gasteiger partial charge is 0.387 e. The highest BCUT2D eigenvalue weighted by Gasteiger charge is 2.46. The second-order valence-electron chi connectivity index (χ2n) is 7.99. The number of nitrogen functional groups attached to an aromatic ring is 1. The Bertz CT molecular complexity index is 1320. The Hall–Kier alpha value is -0.720. The lowest BCUT2D eigenvalue weighted by Crippen LogP contribution is -2.33. The van der Waals surface area contributed by atoms with E-state index in [4.69, 9.17) is 24.8 Å². The molecule has 17 nitrogen and oxygen atoms in total. The quantitative estimate of drug-likeness (QED) is 0.113. The Labute approximate surface area is 224 Å². The van der Waals surface area contributed by atoms with E-state index in [-0.39, 0.29) is 27.5 Å². The predicted molar refractivity (Wildman–Crippen MR) is 141 cm³/mol. The van der Waals surface area contributed by atoms with Crippen molar-refractivity contribution in [2.45, 2.75) is 44.3 Å². The fourth-order valence-electron chi connectivity index (χ4n) is 3.43. The van der Waals surface area contributed by atoms with Gasteiger partial charge in [0.15, 0.2) is 17.7 Å². The summed E-state index contributed by atoms with van der Waals surface area (Å²) in [6, 6.07) is 0. The van der Waals surface area contributed by atoms with Crippen molar-refractivity contribution in [1.82, 2.24) is 19.5 Å². The van der Waals surface area contributed by atoms with E-state index in [1.165, 1.54) is 10.9 Å². The van der Waals surface area contributed by atoms with Crippen molar-refractivity contribution in [3.8, 4) is 0 Å². The van der Waals surface area contributed by atoms with E-state index in [0.717, 1.165) is 17.9 Å². The third kappa shape index (κ3) is 8.39. The van der Waals surface area contributed by atoms with Crippen LogP contribution in [-0.2, 0) is 45.2 Å². The Morgan fingerprint density at radius 1 is 1.21 bits per heavy atom. The Balaban J connectivity index is 1.72. The Morgan fingerprint density at radius 3 is 2.53 bits per heavy atom. The van der Waals surface area contributed by atoms with Gasteiger partial charge in [0, 0.05) is 6.42 Å². The van der Waals surface area contributed by atoms with Crippen molar-refractivity contribution in [3.63, 3.8) is 0 Å². The fraction of sp³-hybridized carbons (Fsp3) is 0.625. The lowest BCUT2D eigenvalue weighted by Gasteiger charge is -2.21. The number of imidazole rings is 1. The molecule has 38 heavy (non-hydrogen) atoms. The highest BCUT2D eigenvalue weighted by Crippen LogP contribution is 2.66. The maximum Gasteiger partial charge on any atom is 0.488 e. The van der Waals surface area contributed by atoms with Crippen LogP contribution in [-0.4, -0.2) is 91.6 Å². The number of anilines is 1. The van der Waals surface area contributed by atoms with Crippen molar-refractivity contribution < 1.29 is 56.8 Å². The zero-order valence-electron chi connectivity index (χ0n) is 19.8. The number of hydrogen-bond acceptors (Lipinski definition) is 13. The highest BCUT2D eigenvalue weighted by molar-refractivity contribution is 8.14. The minimum atomic E-state index is -5.52. The van der Waals surface area contributed by atoms with Crippen LogP contribution < -0.4 is 5.73 Å². The summed E-state index contributed by atoms with van der Waals surface area (Å²) >= 11 is 4.55. The maximum atomic E-state index is 11.6. The third-order valence-electron chi connectivity index (χ3n) is 5.17. The average Bonchev–Trinajstić information content (AvgIpc) is 3.31. The summed E-state index contributed by atoms with van der Waals surface area (Å²) in [5.74, 6) is 6.50. The summed E-state index contributed by atoms with van der Waals surface area (Å²) in [6.45, 7) is -3.32. The van der Waals surface area contributed by atoms with Crippen LogP contribution in [0.2, 0.25) is 0 Å². The van der Waals surface area contributed by atoms with E-state index < -0.39 is 53.5 Å². The number of fused-ring (bicyclic) bond motifs is 1. The van der Waals surface area contributed by atoms with Crippen LogP contribution in [0.5, 0.6) is 0 Å². The monoisotopic (exact) mass is 639 g/mol. The second kappa shape index (κ2) is 12.4. The van der Waals surface area contributed by atoms with E-state index in [2.05, 4.69) is 48.2 Å². The van der Waals surface area contributed by atoms with E-state index >= 15 is 0 Å². The minimum Gasteiger partial charge on any atom is -0.387 e. The van der Waals surface area contributed by atoms with Crippen molar-refractivity contribution in [2.75, 3.05) is 23.8 Å². The number of aliphatic hydroxyl groups is 2. The van der Waals surface area contributed by atoms with E-state index in [9.17, 15) is 29.1 Å². The van der Waals surface area contributed by atoms with Gasteiger partial charge in [-0.25, -0.2) is 28.4 Å². The number of hydrogen-bond donors (Lipinski definition) is 7. The second-order valence-corrected chi connectivity index (χ2v) is 16.0. The Morgan fingerprint density at radius 2 is 1.89 bits per heavy atom. The zero-order valence-corrected chi connectivity index (χ0v) is 24.1. The van der Waals surface area contributed by atoms with Gasteiger partial charge < -0.3 is 44.8 Å². The summed E-state index contributed by atoms with van der Waals surface area (Å²) in [6.07, 6.45) is -3.12. The number of phosphoric acid groups is 2. The first-order valence-corrected chi connectivity index (χ1v) is 18.1. The van der Waals surface area contributed by atoms with Crippen LogP contribution in [0.25, 0.3) is 11.2 Å². The molecule has 3 heterocycles. The fourth-order valence-corrected chi connectivity index (χ4v) is 8.24. The van der Waals surface area contributed by atoms with Crippen LogP contribution in [0, 0.1) is 0 Å². The van der Waals surface area contributed by atoms with E-state index in [0.29, 0.717) is 12.2 Å². The van der Waals surface area contributed by atoms with Gasteiger partial charge in [-0.15, -0.1) is 0 Å². The molecule has 2 aromatic rings. The van der Waals surface area contributed by atoms with Gasteiger partial charge >= 0.3 is 22.4 Å². The number of ether oxygens (including phenoxy) is 1. The molecular weight excluding hydrogens is 611 g/mol. The molecule has 1 aliphatic heterocycles. The molecule has 8 N–H and O–H groups in total. The molecule has 0 saturated carbocycles. The number of nitrogens with two attached hydrogens (primary N) is 1. The lowest BCUT2D eigenvalue weighted by atomic mass is 10.1. The van der Waals surface area contributed by atoms with Gasteiger partial charge in [-0.3, -0.25) is 4.57 Å². The van der Waals surface area contributed by atoms with Crippen LogP contribution >= 0.6 is 32.8 Å². The molecule has 1 aliphatic rings. The van der Waals surface area contributed by atoms with Gasteiger partial charge in [-0.2, -0.15) is 14.8 Å². The molecule has 22 heteroatoms. The molecule has 0 aromatic carbocycles. The number of aryl methyl sites for hydroxylation is 1. The Kier molecular flexibility index (Phi) is 10.4. The van der Waals surface area contributed by atoms with Crippen molar-refractivity contribution in [1.29, 1.82) is 0 Å². The minimum absolute atomic E-state index is 0.0363. The summed E-state index contributed by atoms with van der Waals surface area (Å²) < 4.78 is 42.0. The molecule has 1 fully saturated rings. The molecule has 0 amide bonds. The molecule has 2 aromatic heterocycles. The average molecular weight is 639 g/mol. The van der Waals surface area contributed by atoms with Gasteiger partial charge in [-0.1, -0.05) is 12.8 Å². The van der Waals surface area contributed by atoms with Crippen LogP contribution in [0.3, 0.4) is 0 Å². The number of aromatic nitrogens is 4. The molecule has 0 radical (unpaired) electrons. The molecule has 3 unspecified atom stereocenters. The first-order valence-electron chi connectivity index (χ1n) is 10.8. The summed E-state index contributed by atoms with van der Waals surface area (Å²) in [5.41, 5.74) is 6.52. The molecule has 0 spiro atoms. The predicted octanol–water partition coefficient (Wildman–Crippen LogP) is 0.141. The molecule has 216 valence electrons. The van der Waals surface area contributed by atoms with Crippen molar-refractivity contribution >= 4 is 67.5 Å². The standard InChI is InChI=1S/C16H28N5O12P3S2/c1-3-38(2)6-4-5-10-19-14(17)11-15(20-10)21(8-18-11)16-13(23)12(22)9(31-16)7-30-36(29,37)33-35(27,28)32-34(24,25)26/h8-9,12-13,16,22-23H,2-7H2,1H3,(H,27,28)(H,29,37)(H2,17,19,20)(H2,24,25,26)/t9-,12-,13-,16-,36?,38?/m1/s1. The van der Waals surface area contributed by atoms with Crippen LogP contribution in [0.15, 0.2) is 6.33 Å². The first kappa shape index (κ1) is 31.8. The zero-order chi connectivity index (χ0) is 28.5. The third-order valence-corrected chi connectivity index (χ3v) is 11.6. The number of nitrogens with zero attached hydrogens (tertiary/aromatic N) is 4. The summed E-state index contributed by atoms with van der Waals surface area (Å²) in [4.78, 5) is 49.6. The van der Waals surface area contributed by atoms with Gasteiger partial charge in [-0.05, 0) is 29.7 Å². The molecular formula is C16H28N5O12P3S2. The van der Waals surface area contributed by atoms with Crippen molar-refractivity contribution in [2.24, 2.45) is 0 Å². The van der Waals surface area contributed by atoms with Crippen molar-refractivity contribution in [3.05, 3.63) is 12.2 Å². The highest BCUT2D eigenvalue weighted by atomic mass is 32.5. The summed E-state index contributed by atoms with van der Waals surface area (Å²) in [7, 11) is -10.9. The van der Waals surface area contributed by atoms with E-state index in [1.54, 1.807) is 0 Å². The van der Waals surface area contributed by atoms with Gasteiger partial charge in [0.25, 0.3) is 0 Å². The van der Waals surface area contributed by atoms with Crippen LogP contribution in [0.4, 0.5) is 5.82 Å². The number of rotatable bonds is 13. The molecule has 3 rings (SSSR count). The first-order chi connectivity index (χ1) is 17.5. The topological polar surface area (TPSA) is 262 Å². The maximum absolute atomic E-state index is 11.6. The molecule has 0 aliphatic carbocycles.